The summed E-state index contributed by atoms with van der Waals surface area (Å²) < 4.78 is 0. The molecule has 1 aliphatic heterocycles. The predicted octanol–water partition coefficient (Wildman–Crippen LogP) is 0.981. The fourth-order valence-corrected chi connectivity index (χ4v) is 1.29. The maximum absolute atomic E-state index is 3.68. The quantitative estimate of drug-likeness (QED) is 0.593. The lowest BCUT2D eigenvalue weighted by atomic mass is 10.3. The second-order valence-electron chi connectivity index (χ2n) is 2.78. The van der Waals surface area contributed by atoms with Gasteiger partial charge >= 0.3 is 0 Å². The van der Waals surface area contributed by atoms with E-state index in [9.17, 15) is 0 Å². The molecular weight excluding hydrogens is 136 g/mol. The number of nitrogens with zero attached hydrogens (tertiary/aromatic N) is 1. The molecule has 1 N–H and O–H groups in total. The van der Waals surface area contributed by atoms with Gasteiger partial charge in [-0.1, -0.05) is 12.7 Å². The van der Waals surface area contributed by atoms with Crippen molar-refractivity contribution in [3.8, 4) is 0 Å². The van der Waals surface area contributed by atoms with Crippen molar-refractivity contribution in [2.75, 3.05) is 26.2 Å². The fraction of sp³-hybridized carbons (Fsp3) is 0.556. The molecule has 0 unspecified atom stereocenters. The van der Waals surface area contributed by atoms with Gasteiger partial charge in [-0.2, -0.15) is 0 Å². The van der Waals surface area contributed by atoms with Gasteiger partial charge in [0.2, 0.25) is 0 Å². The van der Waals surface area contributed by atoms with Crippen LogP contribution in [-0.4, -0.2) is 31.1 Å². The summed E-state index contributed by atoms with van der Waals surface area (Å²) >= 11 is 0. The third kappa shape index (κ3) is 2.39. The first-order chi connectivity index (χ1) is 5.34. The van der Waals surface area contributed by atoms with Crippen LogP contribution in [0.1, 0.15) is 6.92 Å². The minimum Gasteiger partial charge on any atom is -0.372 e. The number of hydrogen-bond acceptors (Lipinski definition) is 2. The molecule has 62 valence electrons. The highest BCUT2D eigenvalue weighted by atomic mass is 15.2. The molecule has 0 bridgehead atoms. The van der Waals surface area contributed by atoms with E-state index in [1.54, 1.807) is 0 Å². The number of rotatable bonds is 2. The molecule has 0 aromatic rings. The molecule has 0 aliphatic carbocycles. The molecule has 1 heterocycles. The predicted molar refractivity (Wildman–Crippen MR) is 48.4 cm³/mol. The van der Waals surface area contributed by atoms with E-state index in [-0.39, 0.29) is 0 Å². The molecule has 1 saturated heterocycles. The van der Waals surface area contributed by atoms with Crippen molar-refractivity contribution < 1.29 is 0 Å². The lowest BCUT2D eigenvalue weighted by Crippen LogP contribution is -2.42. The highest BCUT2D eigenvalue weighted by Gasteiger charge is 2.07. The normalized spacial score (nSPS) is 20.1. The van der Waals surface area contributed by atoms with E-state index in [1.165, 1.54) is 5.70 Å². The van der Waals surface area contributed by atoms with Crippen LogP contribution in [0.15, 0.2) is 24.4 Å². The summed E-state index contributed by atoms with van der Waals surface area (Å²) in [4.78, 5) is 2.37. The van der Waals surface area contributed by atoms with E-state index in [0.717, 1.165) is 26.2 Å². The van der Waals surface area contributed by atoms with Crippen molar-refractivity contribution in [1.29, 1.82) is 0 Å². The topological polar surface area (TPSA) is 15.3 Å². The van der Waals surface area contributed by atoms with E-state index in [0.29, 0.717) is 0 Å². The van der Waals surface area contributed by atoms with Gasteiger partial charge in [0.15, 0.2) is 0 Å². The van der Waals surface area contributed by atoms with Crippen molar-refractivity contribution in [3.05, 3.63) is 24.4 Å². The second kappa shape index (κ2) is 4.19. The van der Waals surface area contributed by atoms with Crippen molar-refractivity contribution >= 4 is 0 Å². The Kier molecular flexibility index (Phi) is 3.17. The smallest absolute Gasteiger partial charge is 0.0300 e. The Morgan fingerprint density at radius 2 is 2.09 bits per heavy atom. The molecule has 0 atom stereocenters. The largest absolute Gasteiger partial charge is 0.372 e. The minimum atomic E-state index is 1.10. The molecule has 1 fully saturated rings. The van der Waals surface area contributed by atoms with Crippen molar-refractivity contribution in [2.45, 2.75) is 6.92 Å². The summed E-state index contributed by atoms with van der Waals surface area (Å²) in [7, 11) is 0. The maximum Gasteiger partial charge on any atom is 0.0300 e. The van der Waals surface area contributed by atoms with E-state index < -0.39 is 0 Å². The average molecular weight is 152 g/mol. The Bertz CT molecular complexity index is 155. The van der Waals surface area contributed by atoms with Gasteiger partial charge in [0.1, 0.15) is 0 Å². The van der Waals surface area contributed by atoms with Gasteiger partial charge in [-0.05, 0) is 13.0 Å². The zero-order valence-corrected chi connectivity index (χ0v) is 7.14. The standard InChI is InChI=1S/C9H16N2/c1-3-4-9(2)11-7-5-10-6-8-11/h3-4,10H,1,5-8H2,2H3/b9-4+. The van der Waals surface area contributed by atoms with Crippen LogP contribution in [-0.2, 0) is 0 Å². The van der Waals surface area contributed by atoms with Crippen LogP contribution < -0.4 is 5.32 Å². The first kappa shape index (κ1) is 8.34. The molecule has 1 rings (SSSR count). The Morgan fingerprint density at radius 3 is 2.64 bits per heavy atom. The highest BCUT2D eigenvalue weighted by Crippen LogP contribution is 2.03. The molecular formula is C9H16N2. The molecule has 0 spiro atoms. The van der Waals surface area contributed by atoms with Gasteiger partial charge in [0.25, 0.3) is 0 Å². The monoisotopic (exact) mass is 152 g/mol. The Balaban J connectivity index is 2.44. The zero-order chi connectivity index (χ0) is 8.10. The summed E-state index contributed by atoms with van der Waals surface area (Å²) in [6.07, 6.45) is 3.91. The molecule has 0 aromatic carbocycles. The van der Waals surface area contributed by atoms with Gasteiger partial charge < -0.3 is 10.2 Å². The second-order valence-corrected chi connectivity index (χ2v) is 2.78. The summed E-state index contributed by atoms with van der Waals surface area (Å²) in [5, 5.41) is 3.32. The molecule has 0 amide bonds. The molecule has 2 heteroatoms. The first-order valence-corrected chi connectivity index (χ1v) is 4.09. The summed E-state index contributed by atoms with van der Waals surface area (Å²) in [6, 6.07) is 0. The first-order valence-electron chi connectivity index (χ1n) is 4.09. The fourth-order valence-electron chi connectivity index (χ4n) is 1.29. The van der Waals surface area contributed by atoms with E-state index in [4.69, 9.17) is 0 Å². The van der Waals surface area contributed by atoms with Crippen molar-refractivity contribution in [1.82, 2.24) is 10.2 Å². The molecule has 0 radical (unpaired) electrons. The van der Waals surface area contributed by atoms with E-state index in [1.807, 2.05) is 6.08 Å². The molecule has 0 aromatic heterocycles. The van der Waals surface area contributed by atoms with Crippen LogP contribution in [0.3, 0.4) is 0 Å². The average Bonchev–Trinajstić information content (AvgIpc) is 2.07. The Morgan fingerprint density at radius 1 is 1.45 bits per heavy atom. The van der Waals surface area contributed by atoms with Crippen LogP contribution in [0.5, 0.6) is 0 Å². The van der Waals surface area contributed by atoms with Crippen LogP contribution in [0, 0.1) is 0 Å². The molecule has 0 saturated carbocycles. The van der Waals surface area contributed by atoms with E-state index >= 15 is 0 Å². The third-order valence-electron chi connectivity index (χ3n) is 1.97. The number of piperazine rings is 1. The number of hydrogen-bond donors (Lipinski definition) is 1. The van der Waals surface area contributed by atoms with Crippen molar-refractivity contribution in [2.24, 2.45) is 0 Å². The lowest BCUT2D eigenvalue weighted by Gasteiger charge is -2.29. The number of nitrogens with one attached hydrogen (secondary N) is 1. The third-order valence-corrected chi connectivity index (χ3v) is 1.97. The molecule has 2 nitrogen and oxygen atoms in total. The summed E-state index contributed by atoms with van der Waals surface area (Å²) in [5.41, 5.74) is 1.32. The van der Waals surface area contributed by atoms with E-state index in [2.05, 4.69) is 29.8 Å². The molecule has 11 heavy (non-hydrogen) atoms. The van der Waals surface area contributed by atoms with Gasteiger partial charge in [0.05, 0.1) is 0 Å². The van der Waals surface area contributed by atoms with Gasteiger partial charge in [-0.25, -0.2) is 0 Å². The van der Waals surface area contributed by atoms with Crippen molar-refractivity contribution in [3.63, 3.8) is 0 Å². The lowest BCUT2D eigenvalue weighted by molar-refractivity contribution is 0.300. The van der Waals surface area contributed by atoms with Crippen LogP contribution in [0.2, 0.25) is 0 Å². The van der Waals surface area contributed by atoms with Crippen LogP contribution >= 0.6 is 0 Å². The van der Waals surface area contributed by atoms with Gasteiger partial charge in [0, 0.05) is 31.9 Å². The highest BCUT2D eigenvalue weighted by molar-refractivity contribution is 5.07. The Labute approximate surface area is 68.6 Å². The minimum absolute atomic E-state index is 1.10. The summed E-state index contributed by atoms with van der Waals surface area (Å²) in [5.74, 6) is 0. The number of allylic oxidation sites excluding steroid dienone is 3. The Hall–Kier alpha value is -0.760. The summed E-state index contributed by atoms with van der Waals surface area (Å²) in [6.45, 7) is 10.3. The molecule has 1 aliphatic rings. The SMILES string of the molecule is C=C/C=C(\C)N1CCNCC1. The van der Waals surface area contributed by atoms with Crippen LogP contribution in [0.4, 0.5) is 0 Å². The maximum atomic E-state index is 3.68. The van der Waals surface area contributed by atoms with Gasteiger partial charge in [-0.15, -0.1) is 0 Å². The van der Waals surface area contributed by atoms with Crippen LogP contribution in [0.25, 0.3) is 0 Å². The zero-order valence-electron chi connectivity index (χ0n) is 7.14. The van der Waals surface area contributed by atoms with Gasteiger partial charge in [-0.3, -0.25) is 0 Å².